The molecule has 0 unspecified atom stereocenters. The lowest BCUT2D eigenvalue weighted by Gasteiger charge is -2.38. The second kappa shape index (κ2) is 6.81. The van der Waals surface area contributed by atoms with Crippen LogP contribution in [0.15, 0.2) is 18.2 Å². The zero-order valence-electron chi connectivity index (χ0n) is 14.1. The summed E-state index contributed by atoms with van der Waals surface area (Å²) in [6.45, 7) is 10.4. The van der Waals surface area contributed by atoms with E-state index in [9.17, 15) is 14.9 Å². The van der Waals surface area contributed by atoms with E-state index in [-0.39, 0.29) is 6.61 Å². The Morgan fingerprint density at radius 1 is 1.23 bits per heavy atom. The molecule has 1 rings (SSSR count). The van der Waals surface area contributed by atoms with E-state index in [1.54, 1.807) is 46.8 Å². The van der Waals surface area contributed by atoms with Crippen LogP contribution >= 0.6 is 0 Å². The Kier molecular flexibility index (Phi) is 5.79. The summed E-state index contributed by atoms with van der Waals surface area (Å²) in [6.07, 6.45) is 0. The van der Waals surface area contributed by atoms with Crippen LogP contribution in [0.4, 0.5) is 0 Å². The monoisotopic (exact) mass is 308 g/mol. The van der Waals surface area contributed by atoms with E-state index in [1.165, 1.54) is 6.07 Å². The van der Waals surface area contributed by atoms with Crippen molar-refractivity contribution >= 4 is 18.6 Å². The van der Waals surface area contributed by atoms with Gasteiger partial charge in [0.2, 0.25) is 0 Å². The SMILES string of the molecule is CCOC(=O)c1cc(C)cc(B(O)OC(C)(C)C(C)(C)O)c1. The first-order valence-electron chi connectivity index (χ1n) is 7.35. The van der Waals surface area contributed by atoms with Crippen LogP contribution in [0, 0.1) is 6.92 Å². The van der Waals surface area contributed by atoms with Crippen molar-refractivity contribution in [1.82, 2.24) is 0 Å². The van der Waals surface area contributed by atoms with Crippen molar-refractivity contribution in [3.8, 4) is 0 Å². The highest BCUT2D eigenvalue weighted by Crippen LogP contribution is 2.25. The van der Waals surface area contributed by atoms with Crippen LogP contribution in [0.5, 0.6) is 0 Å². The molecule has 5 nitrogen and oxygen atoms in total. The van der Waals surface area contributed by atoms with Gasteiger partial charge in [-0.1, -0.05) is 11.6 Å². The van der Waals surface area contributed by atoms with Gasteiger partial charge >= 0.3 is 13.1 Å². The van der Waals surface area contributed by atoms with Gasteiger partial charge in [-0.05, 0) is 59.1 Å². The minimum atomic E-state index is -1.26. The molecule has 0 atom stereocenters. The minimum absolute atomic E-state index is 0.285. The number of rotatable bonds is 6. The van der Waals surface area contributed by atoms with Crippen molar-refractivity contribution < 1.29 is 24.3 Å². The van der Waals surface area contributed by atoms with Gasteiger partial charge in [0.05, 0.1) is 23.4 Å². The molecule has 0 aliphatic carbocycles. The van der Waals surface area contributed by atoms with Gasteiger partial charge in [-0.25, -0.2) is 4.79 Å². The zero-order valence-corrected chi connectivity index (χ0v) is 14.1. The molecule has 1 aromatic rings. The Morgan fingerprint density at radius 2 is 1.82 bits per heavy atom. The summed E-state index contributed by atoms with van der Waals surface area (Å²) in [7, 11) is -1.26. The molecule has 122 valence electrons. The van der Waals surface area contributed by atoms with Gasteiger partial charge in [0, 0.05) is 0 Å². The fourth-order valence-corrected chi connectivity index (χ4v) is 1.78. The maximum Gasteiger partial charge on any atom is 0.491 e. The molecule has 0 aliphatic rings. The van der Waals surface area contributed by atoms with Gasteiger partial charge < -0.3 is 19.5 Å². The molecule has 0 bridgehead atoms. The number of aliphatic hydroxyl groups is 1. The number of carbonyl (C=O) groups is 1. The van der Waals surface area contributed by atoms with Gasteiger partial charge in [0.25, 0.3) is 0 Å². The number of esters is 1. The number of ether oxygens (including phenoxy) is 1. The number of hydrogen-bond donors (Lipinski definition) is 2. The highest BCUT2D eigenvalue weighted by atomic mass is 16.5. The van der Waals surface area contributed by atoms with E-state index in [0.717, 1.165) is 5.56 Å². The van der Waals surface area contributed by atoms with Gasteiger partial charge in [-0.15, -0.1) is 0 Å². The Labute approximate surface area is 132 Å². The fraction of sp³-hybridized carbons (Fsp3) is 0.562. The maximum absolute atomic E-state index is 11.8. The molecule has 0 radical (unpaired) electrons. The first kappa shape index (κ1) is 18.7. The maximum atomic E-state index is 11.8. The van der Waals surface area contributed by atoms with Crippen LogP contribution in [0.3, 0.4) is 0 Å². The summed E-state index contributed by atoms with van der Waals surface area (Å²) in [4.78, 5) is 11.8. The van der Waals surface area contributed by atoms with Crippen LogP contribution in [-0.2, 0) is 9.39 Å². The number of benzene rings is 1. The third kappa shape index (κ3) is 4.56. The second-order valence-corrected chi connectivity index (χ2v) is 6.39. The highest BCUT2D eigenvalue weighted by molar-refractivity contribution is 6.60. The molecule has 0 amide bonds. The summed E-state index contributed by atoms with van der Waals surface area (Å²) in [6, 6.07) is 4.96. The smallest absolute Gasteiger partial charge is 0.462 e. The van der Waals surface area contributed by atoms with E-state index < -0.39 is 24.3 Å². The van der Waals surface area contributed by atoms with Crippen LogP contribution in [0.25, 0.3) is 0 Å². The Hall–Kier alpha value is -1.37. The molecule has 0 fully saturated rings. The first-order chi connectivity index (χ1) is 9.98. The molecule has 0 heterocycles. The predicted molar refractivity (Wildman–Crippen MR) is 86.2 cm³/mol. The highest BCUT2D eigenvalue weighted by Gasteiger charge is 2.39. The Balaban J connectivity index is 3.04. The number of hydrogen-bond acceptors (Lipinski definition) is 5. The van der Waals surface area contributed by atoms with Gasteiger partial charge in [0.15, 0.2) is 0 Å². The fourth-order valence-electron chi connectivity index (χ4n) is 1.78. The average molecular weight is 308 g/mol. The lowest BCUT2D eigenvalue weighted by molar-refractivity contribution is -0.0982. The Bertz CT molecular complexity index is 534. The van der Waals surface area contributed by atoms with E-state index in [4.69, 9.17) is 9.39 Å². The molecule has 0 spiro atoms. The summed E-state index contributed by atoms with van der Waals surface area (Å²) in [5, 5.41) is 20.4. The van der Waals surface area contributed by atoms with Gasteiger partial charge in [-0.3, -0.25) is 0 Å². The minimum Gasteiger partial charge on any atom is -0.462 e. The predicted octanol–water partition coefficient (Wildman–Crippen LogP) is 1.43. The van der Waals surface area contributed by atoms with Crippen LogP contribution in [0.1, 0.15) is 50.5 Å². The van der Waals surface area contributed by atoms with E-state index >= 15 is 0 Å². The number of carbonyl (C=O) groups excluding carboxylic acids is 1. The summed E-state index contributed by atoms with van der Waals surface area (Å²) < 4.78 is 10.6. The Morgan fingerprint density at radius 3 is 2.32 bits per heavy atom. The molecule has 0 aromatic heterocycles. The van der Waals surface area contributed by atoms with Crippen LogP contribution in [-0.4, -0.2) is 41.0 Å². The standard InChI is InChI=1S/C16H25BO5/c1-7-21-14(18)12-8-11(2)9-13(10-12)17(20)22-16(5,6)15(3,4)19/h8-10,19-20H,7H2,1-6H3. The lowest BCUT2D eigenvalue weighted by Crippen LogP contribution is -2.53. The third-order valence-electron chi connectivity index (χ3n) is 3.78. The van der Waals surface area contributed by atoms with Crippen molar-refractivity contribution in [3.05, 3.63) is 29.3 Å². The molecule has 6 heteroatoms. The summed E-state index contributed by atoms with van der Waals surface area (Å²) in [5.41, 5.74) is -0.493. The van der Waals surface area contributed by atoms with Crippen molar-refractivity contribution in [2.24, 2.45) is 0 Å². The van der Waals surface area contributed by atoms with Gasteiger partial charge in [-0.2, -0.15) is 0 Å². The molecule has 0 saturated carbocycles. The second-order valence-electron chi connectivity index (χ2n) is 6.39. The molecular formula is C16H25BO5. The largest absolute Gasteiger partial charge is 0.491 e. The van der Waals surface area contributed by atoms with Crippen molar-refractivity contribution in [3.63, 3.8) is 0 Å². The molecule has 1 aromatic carbocycles. The van der Waals surface area contributed by atoms with Crippen molar-refractivity contribution in [2.75, 3.05) is 6.61 Å². The van der Waals surface area contributed by atoms with Crippen molar-refractivity contribution in [2.45, 2.75) is 52.7 Å². The zero-order chi connectivity index (χ0) is 17.1. The summed E-state index contributed by atoms with van der Waals surface area (Å²) >= 11 is 0. The van der Waals surface area contributed by atoms with Crippen LogP contribution in [0.2, 0.25) is 0 Å². The molecule has 22 heavy (non-hydrogen) atoms. The van der Waals surface area contributed by atoms with Crippen LogP contribution < -0.4 is 5.46 Å². The van der Waals surface area contributed by atoms with Gasteiger partial charge in [0.1, 0.15) is 0 Å². The van der Waals surface area contributed by atoms with E-state index in [1.807, 2.05) is 6.92 Å². The normalized spacial score (nSPS) is 12.2. The van der Waals surface area contributed by atoms with E-state index in [0.29, 0.717) is 11.0 Å². The first-order valence-corrected chi connectivity index (χ1v) is 7.35. The molecule has 0 saturated heterocycles. The summed E-state index contributed by atoms with van der Waals surface area (Å²) in [5.74, 6) is -0.443. The molecule has 2 N–H and O–H groups in total. The average Bonchev–Trinajstić information content (AvgIpc) is 2.36. The molecular weight excluding hydrogens is 283 g/mol. The third-order valence-corrected chi connectivity index (χ3v) is 3.78. The molecule has 0 aliphatic heterocycles. The van der Waals surface area contributed by atoms with Crippen molar-refractivity contribution in [1.29, 1.82) is 0 Å². The quantitative estimate of drug-likeness (QED) is 0.614. The van der Waals surface area contributed by atoms with E-state index in [2.05, 4.69) is 0 Å². The lowest BCUT2D eigenvalue weighted by atomic mass is 9.75. The topological polar surface area (TPSA) is 76.0 Å². The number of aryl methyl sites for hydroxylation is 1.